The number of nitrogens with one attached hydrogen (secondary N) is 1. The Bertz CT molecular complexity index is 722. The van der Waals surface area contributed by atoms with Gasteiger partial charge >= 0.3 is 0 Å². The van der Waals surface area contributed by atoms with E-state index in [2.05, 4.69) is 16.5 Å². The maximum atomic E-state index is 12.4. The zero-order valence-corrected chi connectivity index (χ0v) is 15.9. The van der Waals surface area contributed by atoms with Crippen molar-refractivity contribution in [3.63, 3.8) is 0 Å². The number of aliphatic hydroxyl groups excluding tert-OH is 1. The number of aromatic nitrogens is 1. The Hall–Kier alpha value is -1.66. The minimum atomic E-state index is -0.439. The van der Waals surface area contributed by atoms with E-state index in [1.54, 1.807) is 18.3 Å². The van der Waals surface area contributed by atoms with Crippen LogP contribution in [0, 0.1) is 13.8 Å². The van der Waals surface area contributed by atoms with Crippen molar-refractivity contribution < 1.29 is 14.4 Å². The summed E-state index contributed by atoms with van der Waals surface area (Å²) in [4.78, 5) is 14.7. The van der Waals surface area contributed by atoms with Crippen molar-refractivity contribution in [2.24, 2.45) is 0 Å². The maximum absolute atomic E-state index is 12.4. The monoisotopic (exact) mass is 362 g/mol. The average Bonchev–Trinajstić information content (AvgIpc) is 3.29. The zero-order chi connectivity index (χ0) is 18.0. The molecule has 2 aromatic rings. The van der Waals surface area contributed by atoms with Crippen molar-refractivity contribution in [2.45, 2.75) is 64.4 Å². The van der Waals surface area contributed by atoms with Gasteiger partial charge in [-0.2, -0.15) is 0 Å². The molecule has 1 atom stereocenters. The number of aryl methyl sites for hydroxylation is 2. The number of carbonyl (C=O) groups is 1. The van der Waals surface area contributed by atoms with Crippen LogP contribution in [0.15, 0.2) is 16.7 Å². The first kappa shape index (κ1) is 18.1. The van der Waals surface area contributed by atoms with Crippen molar-refractivity contribution in [3.8, 4) is 0 Å². The van der Waals surface area contributed by atoms with E-state index in [4.69, 9.17) is 4.52 Å². The second-order valence-corrected chi connectivity index (χ2v) is 8.24. The quantitative estimate of drug-likeness (QED) is 0.824. The van der Waals surface area contributed by atoms with Gasteiger partial charge in [0.1, 0.15) is 5.76 Å². The Labute approximate surface area is 152 Å². The lowest BCUT2D eigenvalue weighted by Gasteiger charge is -2.28. The summed E-state index contributed by atoms with van der Waals surface area (Å²) in [7, 11) is 0. The number of nitrogens with zero attached hydrogens (tertiary/aromatic N) is 1. The van der Waals surface area contributed by atoms with Crippen LogP contribution in [0.1, 0.15) is 65.5 Å². The first-order valence-corrected chi connectivity index (χ1v) is 9.70. The van der Waals surface area contributed by atoms with Crippen LogP contribution in [0.3, 0.4) is 0 Å². The Kier molecular flexibility index (Phi) is 5.29. The van der Waals surface area contributed by atoms with Gasteiger partial charge in [-0.15, -0.1) is 11.3 Å². The molecule has 2 heterocycles. The van der Waals surface area contributed by atoms with Gasteiger partial charge in [-0.1, -0.05) is 18.0 Å². The van der Waals surface area contributed by atoms with E-state index in [1.807, 2.05) is 19.9 Å². The van der Waals surface area contributed by atoms with E-state index >= 15 is 0 Å². The Morgan fingerprint density at radius 1 is 1.40 bits per heavy atom. The summed E-state index contributed by atoms with van der Waals surface area (Å²) in [5.74, 6) is 0.719. The topological polar surface area (TPSA) is 75.4 Å². The second kappa shape index (κ2) is 7.30. The second-order valence-electron chi connectivity index (χ2n) is 7.12. The number of amides is 1. The molecule has 0 aliphatic heterocycles. The van der Waals surface area contributed by atoms with Crippen LogP contribution in [0.2, 0.25) is 0 Å². The number of hydrogen-bond donors (Lipinski definition) is 2. The predicted molar refractivity (Wildman–Crippen MR) is 97.8 cm³/mol. The lowest BCUT2D eigenvalue weighted by Crippen LogP contribution is -2.39. The molecule has 6 heteroatoms. The van der Waals surface area contributed by atoms with E-state index in [0.717, 1.165) is 29.0 Å². The third-order valence-electron chi connectivity index (χ3n) is 5.26. The molecule has 2 aromatic heterocycles. The first-order chi connectivity index (χ1) is 11.9. The van der Waals surface area contributed by atoms with Gasteiger partial charge in [-0.05, 0) is 45.7 Å². The van der Waals surface area contributed by atoms with Gasteiger partial charge < -0.3 is 14.9 Å². The van der Waals surface area contributed by atoms with E-state index < -0.39 is 6.10 Å². The normalized spacial score (nSPS) is 17.6. The third kappa shape index (κ3) is 3.80. The summed E-state index contributed by atoms with van der Waals surface area (Å²) in [5.41, 5.74) is 1.67. The molecule has 0 spiro atoms. The highest BCUT2D eigenvalue weighted by atomic mass is 32.1. The highest BCUT2D eigenvalue weighted by molar-refractivity contribution is 7.12. The van der Waals surface area contributed by atoms with Gasteiger partial charge in [0.2, 0.25) is 5.91 Å². The maximum Gasteiger partial charge on any atom is 0.224 e. The van der Waals surface area contributed by atoms with E-state index in [0.29, 0.717) is 18.7 Å². The Morgan fingerprint density at radius 3 is 2.68 bits per heavy atom. The summed E-state index contributed by atoms with van der Waals surface area (Å²) in [6.07, 6.45) is 4.40. The fraction of sp³-hybridized carbons (Fsp3) is 0.579. The molecule has 1 fully saturated rings. The van der Waals surface area contributed by atoms with Crippen LogP contribution >= 0.6 is 11.3 Å². The van der Waals surface area contributed by atoms with Crippen LogP contribution in [-0.2, 0) is 16.6 Å². The van der Waals surface area contributed by atoms with Crippen LogP contribution in [-0.4, -0.2) is 22.7 Å². The molecular formula is C19H26N2O3S. The van der Waals surface area contributed by atoms with Gasteiger partial charge in [0, 0.05) is 27.3 Å². The molecule has 1 amide bonds. The number of rotatable bonds is 6. The summed E-state index contributed by atoms with van der Waals surface area (Å²) < 4.78 is 5.14. The molecule has 1 saturated carbocycles. The van der Waals surface area contributed by atoms with Gasteiger partial charge in [0.25, 0.3) is 0 Å². The molecule has 0 aromatic carbocycles. The van der Waals surface area contributed by atoms with Crippen molar-refractivity contribution in [1.29, 1.82) is 0 Å². The minimum Gasteiger partial charge on any atom is -0.388 e. The molecule has 5 nitrogen and oxygen atoms in total. The fourth-order valence-corrected chi connectivity index (χ4v) is 4.86. The fourth-order valence-electron chi connectivity index (χ4n) is 3.67. The van der Waals surface area contributed by atoms with Crippen LogP contribution in [0.4, 0.5) is 0 Å². The molecule has 3 rings (SSSR count). The highest BCUT2D eigenvalue weighted by Crippen LogP contribution is 2.44. The van der Waals surface area contributed by atoms with E-state index in [9.17, 15) is 9.90 Å². The molecule has 1 aliphatic rings. The van der Waals surface area contributed by atoms with Gasteiger partial charge in [-0.25, -0.2) is 0 Å². The van der Waals surface area contributed by atoms with Crippen LogP contribution in [0.25, 0.3) is 0 Å². The lowest BCUT2D eigenvalue weighted by molar-refractivity contribution is -0.120. The summed E-state index contributed by atoms with van der Waals surface area (Å²) >= 11 is 1.67. The van der Waals surface area contributed by atoms with Crippen LogP contribution < -0.4 is 5.32 Å². The van der Waals surface area contributed by atoms with Gasteiger partial charge in [0.05, 0.1) is 18.2 Å². The third-order valence-corrected chi connectivity index (χ3v) is 6.77. The molecule has 1 aliphatic carbocycles. The molecule has 2 N–H and O–H groups in total. The number of thiophene rings is 1. The molecule has 0 radical (unpaired) electrons. The molecule has 0 saturated heterocycles. The zero-order valence-electron chi connectivity index (χ0n) is 15.1. The predicted octanol–water partition coefficient (Wildman–Crippen LogP) is 3.58. The van der Waals surface area contributed by atoms with Crippen molar-refractivity contribution in [1.82, 2.24) is 10.5 Å². The number of carbonyl (C=O) groups excluding carboxylic acids is 1. The van der Waals surface area contributed by atoms with Crippen molar-refractivity contribution >= 4 is 17.2 Å². The molecular weight excluding hydrogens is 336 g/mol. The Balaban J connectivity index is 1.68. The van der Waals surface area contributed by atoms with Crippen molar-refractivity contribution in [3.05, 3.63) is 38.9 Å². The van der Waals surface area contributed by atoms with Gasteiger partial charge in [-0.3, -0.25) is 4.79 Å². The average molecular weight is 362 g/mol. The summed E-state index contributed by atoms with van der Waals surface area (Å²) in [5, 5.41) is 16.8. The van der Waals surface area contributed by atoms with E-state index in [1.165, 1.54) is 17.7 Å². The largest absolute Gasteiger partial charge is 0.388 e. The SMILES string of the molecule is Cc1noc(C)c1CC(=O)NCC1(c2ccc(C(C)O)s2)CCCC1. The smallest absolute Gasteiger partial charge is 0.224 e. The number of aliphatic hydroxyl groups is 1. The minimum absolute atomic E-state index is 0.00615. The van der Waals surface area contributed by atoms with E-state index in [-0.39, 0.29) is 11.3 Å². The number of hydrogen-bond acceptors (Lipinski definition) is 5. The van der Waals surface area contributed by atoms with Gasteiger partial charge in [0.15, 0.2) is 0 Å². The lowest BCUT2D eigenvalue weighted by atomic mass is 9.84. The summed E-state index contributed by atoms with van der Waals surface area (Å²) in [6, 6.07) is 4.13. The van der Waals surface area contributed by atoms with Crippen molar-refractivity contribution in [2.75, 3.05) is 6.54 Å². The Morgan fingerprint density at radius 2 is 2.12 bits per heavy atom. The summed E-state index contributed by atoms with van der Waals surface area (Å²) in [6.45, 7) is 6.14. The molecule has 25 heavy (non-hydrogen) atoms. The first-order valence-electron chi connectivity index (χ1n) is 8.88. The molecule has 1 unspecified atom stereocenters. The standard InChI is InChI=1S/C19H26N2O3S/c1-12-15(14(3)24-21-12)10-18(23)20-11-19(8-4-5-9-19)17-7-6-16(25-17)13(2)22/h6-7,13,22H,4-5,8-11H2,1-3H3,(H,20,23). The molecule has 136 valence electrons. The molecule has 0 bridgehead atoms. The highest BCUT2D eigenvalue weighted by Gasteiger charge is 2.37. The van der Waals surface area contributed by atoms with Crippen LogP contribution in [0.5, 0.6) is 0 Å².